The number of anilines is 1. The number of carbonyl (C=O) groups is 1. The molecule has 94 valence electrons. The first-order valence-electron chi connectivity index (χ1n) is 5.96. The lowest BCUT2D eigenvalue weighted by atomic mass is 9.95. The molecular weight excluding hydrogens is 212 g/mol. The zero-order valence-electron chi connectivity index (χ0n) is 11.3. The molecule has 0 fully saturated rings. The summed E-state index contributed by atoms with van der Waals surface area (Å²) < 4.78 is 0. The average molecular weight is 234 g/mol. The second kappa shape index (κ2) is 5.82. The number of nitrogens with one attached hydrogen (secondary N) is 1. The largest absolute Gasteiger partial charge is 0.378 e. The van der Waals surface area contributed by atoms with Gasteiger partial charge in [-0.15, -0.1) is 0 Å². The minimum atomic E-state index is -0.111. The van der Waals surface area contributed by atoms with Crippen molar-refractivity contribution in [1.29, 1.82) is 0 Å². The summed E-state index contributed by atoms with van der Waals surface area (Å²) >= 11 is 0. The number of hydrogen-bond donors (Lipinski definition) is 1. The third-order valence-corrected chi connectivity index (χ3v) is 2.93. The highest BCUT2D eigenvalue weighted by atomic mass is 16.1. The molecule has 3 heteroatoms. The van der Waals surface area contributed by atoms with E-state index >= 15 is 0 Å². The molecule has 0 aliphatic rings. The van der Waals surface area contributed by atoms with Gasteiger partial charge in [0.05, 0.1) is 6.04 Å². The molecule has 1 rings (SSSR count). The lowest BCUT2D eigenvalue weighted by Gasteiger charge is -2.19. The highest BCUT2D eigenvalue weighted by Gasteiger charge is 2.21. The molecule has 0 amide bonds. The van der Waals surface area contributed by atoms with Crippen LogP contribution in [0, 0.1) is 5.92 Å². The highest BCUT2D eigenvalue weighted by Crippen LogP contribution is 2.15. The topological polar surface area (TPSA) is 32.3 Å². The minimum Gasteiger partial charge on any atom is -0.378 e. The third-order valence-electron chi connectivity index (χ3n) is 2.93. The van der Waals surface area contributed by atoms with Gasteiger partial charge in [0.15, 0.2) is 5.78 Å². The summed E-state index contributed by atoms with van der Waals surface area (Å²) in [7, 11) is 5.81. The van der Waals surface area contributed by atoms with Gasteiger partial charge in [-0.1, -0.05) is 13.8 Å². The Morgan fingerprint density at radius 2 is 1.71 bits per heavy atom. The van der Waals surface area contributed by atoms with Gasteiger partial charge in [-0.3, -0.25) is 4.79 Å². The van der Waals surface area contributed by atoms with Gasteiger partial charge in [-0.05, 0) is 37.2 Å². The summed E-state index contributed by atoms with van der Waals surface area (Å²) in [5, 5.41) is 3.08. The molecule has 17 heavy (non-hydrogen) atoms. The number of hydrogen-bond acceptors (Lipinski definition) is 3. The number of Topliss-reactive ketones (excluding diaryl/α,β-unsaturated/α-hetero) is 1. The van der Waals surface area contributed by atoms with Gasteiger partial charge in [0.2, 0.25) is 0 Å². The summed E-state index contributed by atoms with van der Waals surface area (Å²) in [4.78, 5) is 14.2. The molecule has 1 aromatic carbocycles. The molecule has 1 unspecified atom stereocenters. The molecule has 0 heterocycles. The minimum absolute atomic E-state index is 0.111. The molecule has 0 bridgehead atoms. The molecule has 0 saturated carbocycles. The fraction of sp³-hybridized carbons (Fsp3) is 0.500. The Kier molecular flexibility index (Phi) is 4.70. The zero-order chi connectivity index (χ0) is 13.0. The number of ketones is 1. The Labute approximate surface area is 104 Å². The number of nitrogens with zero attached hydrogens (tertiary/aromatic N) is 1. The third kappa shape index (κ3) is 3.30. The van der Waals surface area contributed by atoms with Gasteiger partial charge in [-0.25, -0.2) is 0 Å². The van der Waals surface area contributed by atoms with Crippen molar-refractivity contribution in [3.05, 3.63) is 29.8 Å². The first-order chi connectivity index (χ1) is 7.97. The van der Waals surface area contributed by atoms with E-state index in [2.05, 4.69) is 5.32 Å². The second-order valence-corrected chi connectivity index (χ2v) is 4.82. The molecule has 3 nitrogen and oxygen atoms in total. The predicted molar refractivity (Wildman–Crippen MR) is 72.8 cm³/mol. The van der Waals surface area contributed by atoms with Crippen LogP contribution in [-0.4, -0.2) is 33.0 Å². The summed E-state index contributed by atoms with van der Waals surface area (Å²) in [5.74, 6) is 0.453. The molecule has 0 radical (unpaired) electrons. The van der Waals surface area contributed by atoms with Crippen LogP contribution < -0.4 is 10.2 Å². The van der Waals surface area contributed by atoms with Crippen molar-refractivity contribution < 1.29 is 4.79 Å². The molecule has 0 saturated heterocycles. The van der Waals surface area contributed by atoms with Gasteiger partial charge in [-0.2, -0.15) is 0 Å². The Hall–Kier alpha value is -1.35. The Bertz CT molecular complexity index is 368. The van der Waals surface area contributed by atoms with E-state index in [-0.39, 0.29) is 11.8 Å². The summed E-state index contributed by atoms with van der Waals surface area (Å²) in [6, 6.07) is 7.62. The maximum atomic E-state index is 12.2. The van der Waals surface area contributed by atoms with E-state index in [1.807, 2.05) is 64.2 Å². The van der Waals surface area contributed by atoms with Crippen LogP contribution in [0.25, 0.3) is 0 Å². The van der Waals surface area contributed by atoms with Crippen LogP contribution in [0.5, 0.6) is 0 Å². The van der Waals surface area contributed by atoms with Gasteiger partial charge < -0.3 is 10.2 Å². The lowest BCUT2D eigenvalue weighted by molar-refractivity contribution is 0.0922. The monoisotopic (exact) mass is 234 g/mol. The van der Waals surface area contributed by atoms with Crippen molar-refractivity contribution in [3.63, 3.8) is 0 Å². The fourth-order valence-corrected chi connectivity index (χ4v) is 1.87. The second-order valence-electron chi connectivity index (χ2n) is 4.82. The van der Waals surface area contributed by atoms with E-state index in [0.717, 1.165) is 11.3 Å². The van der Waals surface area contributed by atoms with E-state index < -0.39 is 0 Å². The first kappa shape index (κ1) is 13.7. The average Bonchev–Trinajstić information content (AvgIpc) is 2.29. The smallest absolute Gasteiger partial charge is 0.179 e. The first-order valence-corrected chi connectivity index (χ1v) is 5.96. The van der Waals surface area contributed by atoms with E-state index in [1.165, 1.54) is 0 Å². The summed E-state index contributed by atoms with van der Waals surface area (Å²) in [6.45, 7) is 4.10. The Morgan fingerprint density at radius 3 is 2.06 bits per heavy atom. The molecular formula is C14H22N2O. The Balaban J connectivity index is 2.89. The molecule has 1 N–H and O–H groups in total. The molecule has 1 aromatic rings. The normalized spacial score (nSPS) is 12.6. The number of likely N-dealkylation sites (N-methyl/N-ethyl adjacent to an activating group) is 1. The molecule has 0 spiro atoms. The number of carbonyl (C=O) groups excluding carboxylic acids is 1. The van der Waals surface area contributed by atoms with E-state index in [9.17, 15) is 4.79 Å². The highest BCUT2D eigenvalue weighted by molar-refractivity contribution is 6.00. The SMILES string of the molecule is CNC(C(=O)c1ccc(N(C)C)cc1)C(C)C. The summed E-state index contributed by atoms with van der Waals surface area (Å²) in [6.07, 6.45) is 0. The van der Waals surface area contributed by atoms with Crippen LogP contribution in [0.1, 0.15) is 24.2 Å². The van der Waals surface area contributed by atoms with Crippen molar-refractivity contribution in [3.8, 4) is 0 Å². The maximum Gasteiger partial charge on any atom is 0.179 e. The van der Waals surface area contributed by atoms with Gasteiger partial charge in [0.1, 0.15) is 0 Å². The van der Waals surface area contributed by atoms with Gasteiger partial charge in [0, 0.05) is 25.3 Å². The quantitative estimate of drug-likeness (QED) is 0.793. The van der Waals surface area contributed by atoms with Crippen molar-refractivity contribution in [1.82, 2.24) is 5.32 Å². The van der Waals surface area contributed by atoms with Crippen LogP contribution in [-0.2, 0) is 0 Å². The number of rotatable bonds is 5. The zero-order valence-corrected chi connectivity index (χ0v) is 11.3. The van der Waals surface area contributed by atoms with Gasteiger partial charge in [0.25, 0.3) is 0 Å². The molecule has 1 atom stereocenters. The van der Waals surface area contributed by atoms with Crippen molar-refractivity contribution >= 4 is 11.5 Å². The predicted octanol–water partition coefficient (Wildman–Crippen LogP) is 2.18. The van der Waals surface area contributed by atoms with E-state index in [1.54, 1.807) is 0 Å². The van der Waals surface area contributed by atoms with E-state index in [4.69, 9.17) is 0 Å². The summed E-state index contributed by atoms with van der Waals surface area (Å²) in [5.41, 5.74) is 1.87. The lowest BCUT2D eigenvalue weighted by Crippen LogP contribution is -2.38. The van der Waals surface area contributed by atoms with Crippen LogP contribution in [0.2, 0.25) is 0 Å². The van der Waals surface area contributed by atoms with Crippen molar-refractivity contribution in [2.24, 2.45) is 5.92 Å². The van der Waals surface area contributed by atoms with Crippen LogP contribution in [0.3, 0.4) is 0 Å². The molecule has 0 aromatic heterocycles. The molecule has 0 aliphatic carbocycles. The van der Waals surface area contributed by atoms with Crippen molar-refractivity contribution in [2.45, 2.75) is 19.9 Å². The van der Waals surface area contributed by atoms with Crippen molar-refractivity contribution in [2.75, 3.05) is 26.0 Å². The number of benzene rings is 1. The molecule has 0 aliphatic heterocycles. The maximum absolute atomic E-state index is 12.2. The fourth-order valence-electron chi connectivity index (χ4n) is 1.87. The standard InChI is InChI=1S/C14H22N2O/c1-10(2)13(15-3)14(17)11-6-8-12(9-7-11)16(4)5/h6-10,13,15H,1-5H3. The van der Waals surface area contributed by atoms with Crippen LogP contribution in [0.15, 0.2) is 24.3 Å². The Morgan fingerprint density at radius 1 is 1.18 bits per heavy atom. The van der Waals surface area contributed by atoms with Gasteiger partial charge >= 0.3 is 0 Å². The van der Waals surface area contributed by atoms with Crippen LogP contribution in [0.4, 0.5) is 5.69 Å². The van der Waals surface area contributed by atoms with E-state index in [0.29, 0.717) is 5.92 Å². The van der Waals surface area contributed by atoms with Crippen LogP contribution >= 0.6 is 0 Å².